The van der Waals surface area contributed by atoms with E-state index in [4.69, 9.17) is 0 Å². The zero-order valence-electron chi connectivity index (χ0n) is 12.0. The molecule has 0 fully saturated rings. The zero-order chi connectivity index (χ0) is 15.9. The number of carbonyl (C=O) groups is 4. The third-order valence-corrected chi connectivity index (χ3v) is 3.85. The molecule has 0 aromatic carbocycles. The Hall–Kier alpha value is 2.32. The molecular weight excluding hydrogens is 390 g/mol. The van der Waals surface area contributed by atoms with E-state index in [1.165, 1.54) is 0 Å². The summed E-state index contributed by atoms with van der Waals surface area (Å²) in [6.45, 7) is -3.23. The monoisotopic (exact) mass is 400 g/mol. The van der Waals surface area contributed by atoms with E-state index in [1.54, 1.807) is 0 Å². The molecule has 0 amide bonds. The van der Waals surface area contributed by atoms with E-state index in [2.05, 4.69) is 0 Å². The predicted molar refractivity (Wildman–Crippen MR) is 71.4 cm³/mol. The molecule has 110 valence electrons. The molecule has 0 heterocycles. The van der Waals surface area contributed by atoms with Crippen LogP contribution in [0.2, 0.25) is 0 Å². The first-order valence-electron chi connectivity index (χ1n) is 5.41. The molecule has 0 spiro atoms. The molecule has 0 radical (unpaired) electrons. The number of carboxylic acids is 4. The van der Waals surface area contributed by atoms with Crippen LogP contribution < -0.4 is 20.4 Å². The molecule has 0 aliphatic heterocycles. The van der Waals surface area contributed by atoms with E-state index in [9.17, 15) is 39.6 Å². The zero-order valence-corrected chi connectivity index (χ0v) is 18.4. The van der Waals surface area contributed by atoms with E-state index in [1.807, 2.05) is 0 Å². The molecule has 0 bridgehead atoms. The van der Waals surface area contributed by atoms with E-state index in [-0.39, 0.29) is 133 Å². The van der Waals surface area contributed by atoms with Gasteiger partial charge in [-0.25, -0.2) is 0 Å². The summed E-state index contributed by atoms with van der Waals surface area (Å²) in [6.07, 6.45) is 0. The molecule has 0 rings (SSSR count). The number of carboxylic acid groups (broad SMARTS) is 4. The van der Waals surface area contributed by atoms with Crippen LogP contribution in [0.25, 0.3) is 0 Å². The van der Waals surface area contributed by atoms with E-state index < -0.39 is 53.5 Å². The summed E-state index contributed by atoms with van der Waals surface area (Å²) in [5.74, 6) is -6.36. The van der Waals surface area contributed by atoms with Gasteiger partial charge >= 0.3 is 236 Å². The van der Waals surface area contributed by atoms with Crippen LogP contribution in [-0.2, 0) is 19.2 Å². The van der Waals surface area contributed by atoms with Crippen LogP contribution in [0, 0.1) is 0 Å². The van der Waals surface area contributed by atoms with Gasteiger partial charge < -0.3 is 0 Å². The van der Waals surface area contributed by atoms with E-state index in [0.717, 1.165) is 9.80 Å². The van der Waals surface area contributed by atoms with Crippen molar-refractivity contribution in [2.75, 3.05) is 26.2 Å². The van der Waals surface area contributed by atoms with Gasteiger partial charge in [-0.15, -0.1) is 0 Å². The fourth-order valence-corrected chi connectivity index (χ4v) is 2.26. The van der Waals surface area contributed by atoms with Gasteiger partial charge in [-0.3, -0.25) is 0 Å². The standard InChI is InChI=1S/C9H13N2O8.2Ca.2Na.H/c12-6(13)1-10(2-7(14)15)5-11(3-8(16)17)4-9(18)19;;;;;/h5H,1-4H2,(H,12,13)(H,14,15)(H,16,17)(H,18,19);;;;;/q;2*+2;;;/p-4. The van der Waals surface area contributed by atoms with Crippen molar-refractivity contribution in [2.24, 2.45) is 0 Å². The van der Waals surface area contributed by atoms with Gasteiger partial charge in [-0.2, -0.15) is 0 Å². The number of hydrogen-bond acceptors (Lipinski definition) is 10. The van der Waals surface area contributed by atoms with Crippen LogP contribution in [0.15, 0.2) is 0 Å². The van der Waals surface area contributed by atoms with Gasteiger partial charge in [0.25, 0.3) is 0 Å². The minimum atomic E-state index is -1.59. The molecule has 10 nitrogen and oxygen atoms in total. The summed E-state index contributed by atoms with van der Waals surface area (Å²) in [7, 11) is 0. The molecule has 0 aromatic rings. The molecule has 0 aliphatic rings. The number of carbonyl (C=O) groups excluding carboxylic acids is 4. The molecule has 0 aromatic heterocycles. The van der Waals surface area contributed by atoms with Gasteiger partial charge in [0, 0.05) is 0 Å². The second kappa shape index (κ2) is 17.7. The number of nitrogens with zero attached hydrogens (tertiary/aromatic N) is 2. The van der Waals surface area contributed by atoms with Gasteiger partial charge in [0.1, 0.15) is 0 Å². The third-order valence-electron chi connectivity index (χ3n) is 2.39. The Morgan fingerprint density at radius 2 is 0.870 bits per heavy atom. The topological polar surface area (TPSA) is 167 Å². The van der Waals surface area contributed by atoms with Crippen molar-refractivity contribution in [3.05, 3.63) is 0 Å². The van der Waals surface area contributed by atoms with Crippen LogP contribution >= 0.6 is 0 Å². The van der Waals surface area contributed by atoms with Crippen LogP contribution in [0.3, 0.4) is 0 Å². The summed E-state index contributed by atoms with van der Waals surface area (Å²) < 4.78 is -0.999. The SMILES string of the molecule is O=C([O-])CN(CC(=O)[O-])[CH]([Na])N(CC(=O)[O-])CC(=O)[O-].[Ca+2].[Ca+2].[NaH]. The van der Waals surface area contributed by atoms with Crippen molar-refractivity contribution in [1.29, 1.82) is 0 Å². The van der Waals surface area contributed by atoms with Crippen molar-refractivity contribution < 1.29 is 39.6 Å². The third kappa shape index (κ3) is 17.5. The fourth-order valence-electron chi connectivity index (χ4n) is 1.53. The van der Waals surface area contributed by atoms with Gasteiger partial charge in [0.2, 0.25) is 0 Å². The first-order chi connectivity index (χ1) is 9.13. The molecular formula is C9H10Ca2N2Na2O8. The van der Waals surface area contributed by atoms with Gasteiger partial charge in [-0.05, 0) is 0 Å². The van der Waals surface area contributed by atoms with Crippen molar-refractivity contribution in [2.45, 2.75) is 3.42 Å². The first-order valence-corrected chi connectivity index (χ1v) is 6.56. The Morgan fingerprint density at radius 3 is 1.00 bits per heavy atom. The van der Waals surface area contributed by atoms with Gasteiger partial charge in [-0.1, -0.05) is 0 Å². The Labute approximate surface area is 231 Å². The van der Waals surface area contributed by atoms with Crippen molar-refractivity contribution in [3.63, 3.8) is 0 Å². The van der Waals surface area contributed by atoms with Crippen LogP contribution in [-0.4, -0.2) is 196 Å². The Bertz CT molecular complexity index is 347. The molecule has 0 saturated heterocycles. The summed E-state index contributed by atoms with van der Waals surface area (Å²) >= 11 is 0.0648. The molecule has 14 heteroatoms. The number of aliphatic carboxylic acids is 4. The normalized spacial score (nSPS) is 9.61. The molecule has 23 heavy (non-hydrogen) atoms. The average molecular weight is 400 g/mol. The van der Waals surface area contributed by atoms with Crippen LogP contribution in [0.1, 0.15) is 0 Å². The number of hydrogen-bond donors (Lipinski definition) is 0. The Kier molecular flexibility index (Phi) is 25.4. The average Bonchev–Trinajstić information content (AvgIpc) is 2.23. The van der Waals surface area contributed by atoms with Crippen molar-refractivity contribution >= 4 is 157 Å². The van der Waals surface area contributed by atoms with Crippen molar-refractivity contribution in [1.82, 2.24) is 9.80 Å². The maximum atomic E-state index is 10.5. The summed E-state index contributed by atoms with van der Waals surface area (Å²) in [5, 5.41) is 42.1. The Balaban J connectivity index is -0.000000602. The minimum absolute atomic E-state index is 0. The Morgan fingerprint density at radius 1 is 0.696 bits per heavy atom. The molecule has 0 atom stereocenters. The summed E-state index contributed by atoms with van der Waals surface area (Å²) in [6, 6.07) is 0. The van der Waals surface area contributed by atoms with Crippen LogP contribution in [0.5, 0.6) is 0 Å². The van der Waals surface area contributed by atoms with Crippen LogP contribution in [0.4, 0.5) is 0 Å². The second-order valence-corrected chi connectivity index (χ2v) is 4.96. The predicted octanol–water partition coefficient (Wildman–Crippen LogP) is -9.37. The summed E-state index contributed by atoms with van der Waals surface area (Å²) in [4.78, 5) is 43.8. The quantitative estimate of drug-likeness (QED) is 0.254. The first kappa shape index (κ1) is 32.9. The summed E-state index contributed by atoms with van der Waals surface area (Å²) in [5.41, 5.74) is 0. The molecule has 0 N–H and O–H groups in total. The van der Waals surface area contributed by atoms with Crippen molar-refractivity contribution in [3.8, 4) is 0 Å². The second-order valence-electron chi connectivity index (χ2n) is 3.93. The maximum absolute atomic E-state index is 10.5. The van der Waals surface area contributed by atoms with Gasteiger partial charge in [0.05, 0.1) is 0 Å². The van der Waals surface area contributed by atoms with E-state index >= 15 is 0 Å². The van der Waals surface area contributed by atoms with Gasteiger partial charge in [0.15, 0.2) is 0 Å². The molecule has 0 unspecified atom stereocenters. The van der Waals surface area contributed by atoms with E-state index in [0.29, 0.717) is 0 Å². The fraction of sp³-hybridized carbons (Fsp3) is 0.556. The molecule has 0 saturated carbocycles. The number of rotatable bonds is 10. The molecule has 0 aliphatic carbocycles.